The Morgan fingerprint density at radius 1 is 1.40 bits per heavy atom. The number of hydrogen-bond acceptors (Lipinski definition) is 2. The summed E-state index contributed by atoms with van der Waals surface area (Å²) in [5, 5.41) is 2.90. The van der Waals surface area contributed by atoms with Crippen LogP contribution in [0, 0.1) is 0 Å². The Bertz CT molecular complexity index is 104. The monoisotopic (exact) mass is 142 g/mol. The van der Waals surface area contributed by atoms with Gasteiger partial charge >= 0.3 is 0 Å². The predicted octanol–water partition coefficient (Wildman–Crippen LogP) is 1.84. The van der Waals surface area contributed by atoms with Crippen molar-refractivity contribution in [3.05, 3.63) is 11.8 Å². The Labute approximate surface area is 64.1 Å². The topological polar surface area (TPSA) is 24.4 Å². The van der Waals surface area contributed by atoms with Crippen LogP contribution in [0.3, 0.4) is 0 Å². The van der Waals surface area contributed by atoms with Gasteiger partial charge in [0.25, 0.3) is 0 Å². The van der Waals surface area contributed by atoms with Crippen molar-refractivity contribution in [3.8, 4) is 0 Å². The minimum atomic E-state index is 1.13. The van der Waals surface area contributed by atoms with Crippen molar-refractivity contribution in [3.63, 3.8) is 0 Å². The maximum atomic E-state index is 3.82. The van der Waals surface area contributed by atoms with Crippen molar-refractivity contribution in [2.24, 2.45) is 4.99 Å². The summed E-state index contributed by atoms with van der Waals surface area (Å²) >= 11 is 0. The van der Waals surface area contributed by atoms with E-state index in [-0.39, 0.29) is 0 Å². The van der Waals surface area contributed by atoms with Gasteiger partial charge in [0.1, 0.15) is 0 Å². The molecule has 2 nitrogen and oxygen atoms in total. The molecule has 0 saturated heterocycles. The summed E-state index contributed by atoms with van der Waals surface area (Å²) in [7, 11) is 3.62. The number of rotatable bonds is 2. The van der Waals surface area contributed by atoms with Gasteiger partial charge in [-0.25, -0.2) is 0 Å². The molecule has 0 aromatic carbocycles. The van der Waals surface area contributed by atoms with E-state index in [0.717, 1.165) is 5.57 Å². The smallest absolute Gasteiger partial charge is 0.0277 e. The highest BCUT2D eigenvalue weighted by Crippen LogP contribution is 1.81. The molecule has 0 spiro atoms. The normalized spacial score (nSPS) is 10.7. The molecule has 0 amide bonds. The lowest BCUT2D eigenvalue weighted by atomic mass is 10.4. The van der Waals surface area contributed by atoms with Gasteiger partial charge in [-0.2, -0.15) is 0 Å². The second-order valence-corrected chi connectivity index (χ2v) is 1.56. The standard InChI is InChI=1S/C6H12N2.C2H6/c1-6(4-7-2)5-8-3;1-2/h4-5,7H,1-3H3;1-2H3/b6-4-,8-5?;. The molecule has 60 valence electrons. The van der Waals surface area contributed by atoms with Gasteiger partial charge in [0, 0.05) is 26.5 Å². The number of allylic oxidation sites excluding steroid dienone is 1. The van der Waals surface area contributed by atoms with Crippen LogP contribution in [0.15, 0.2) is 16.8 Å². The summed E-state index contributed by atoms with van der Waals surface area (Å²) < 4.78 is 0. The van der Waals surface area contributed by atoms with Crippen LogP contribution in [0.2, 0.25) is 0 Å². The first kappa shape index (κ1) is 11.9. The Hall–Kier alpha value is -0.790. The van der Waals surface area contributed by atoms with Gasteiger partial charge < -0.3 is 5.32 Å². The van der Waals surface area contributed by atoms with Crippen molar-refractivity contribution in [1.82, 2.24) is 5.32 Å². The van der Waals surface area contributed by atoms with E-state index in [0.29, 0.717) is 0 Å². The van der Waals surface area contributed by atoms with E-state index in [9.17, 15) is 0 Å². The number of aliphatic imine (C=N–C) groups is 1. The molecule has 0 aromatic rings. The van der Waals surface area contributed by atoms with Gasteiger partial charge in [-0.15, -0.1) is 0 Å². The van der Waals surface area contributed by atoms with Gasteiger partial charge in [0.2, 0.25) is 0 Å². The molecule has 1 N–H and O–H groups in total. The third kappa shape index (κ3) is 10.2. The second kappa shape index (κ2) is 11.1. The van der Waals surface area contributed by atoms with Gasteiger partial charge in [-0.05, 0) is 12.5 Å². The molecule has 2 heteroatoms. The Kier molecular flexibility index (Phi) is 13.2. The highest BCUT2D eigenvalue weighted by atomic mass is 14.8. The molecule has 0 saturated carbocycles. The third-order valence-electron chi connectivity index (χ3n) is 0.705. The van der Waals surface area contributed by atoms with Crippen molar-refractivity contribution >= 4 is 6.21 Å². The van der Waals surface area contributed by atoms with Crippen LogP contribution in [0.25, 0.3) is 0 Å². The summed E-state index contributed by atoms with van der Waals surface area (Å²) in [5.41, 5.74) is 1.13. The molecule has 0 radical (unpaired) electrons. The fourth-order valence-corrected chi connectivity index (χ4v) is 0.469. The highest BCUT2D eigenvalue weighted by Gasteiger charge is 1.74. The molecule has 0 atom stereocenters. The van der Waals surface area contributed by atoms with Crippen LogP contribution in [0.1, 0.15) is 20.8 Å². The Morgan fingerprint density at radius 3 is 2.20 bits per heavy atom. The fraction of sp³-hybridized carbons (Fsp3) is 0.625. The molecule has 0 fully saturated rings. The zero-order valence-corrected chi connectivity index (χ0v) is 7.60. The molecular formula is C8H18N2. The Morgan fingerprint density at radius 2 is 1.90 bits per heavy atom. The van der Waals surface area contributed by atoms with E-state index in [2.05, 4.69) is 10.3 Å². The predicted molar refractivity (Wildman–Crippen MR) is 48.6 cm³/mol. The first-order valence-electron chi connectivity index (χ1n) is 3.57. The lowest BCUT2D eigenvalue weighted by Crippen LogP contribution is -1.94. The fourth-order valence-electron chi connectivity index (χ4n) is 0.469. The van der Waals surface area contributed by atoms with Crippen LogP contribution < -0.4 is 5.32 Å². The lowest BCUT2D eigenvalue weighted by Gasteiger charge is -1.87. The maximum Gasteiger partial charge on any atom is 0.0277 e. The van der Waals surface area contributed by atoms with E-state index in [4.69, 9.17) is 0 Å². The zero-order valence-electron chi connectivity index (χ0n) is 7.60. The molecule has 0 heterocycles. The van der Waals surface area contributed by atoms with E-state index >= 15 is 0 Å². The summed E-state index contributed by atoms with van der Waals surface area (Å²) in [4.78, 5) is 3.82. The average molecular weight is 142 g/mol. The number of nitrogens with one attached hydrogen (secondary N) is 1. The highest BCUT2D eigenvalue weighted by molar-refractivity contribution is 5.77. The molecule has 0 rings (SSSR count). The minimum Gasteiger partial charge on any atom is -0.394 e. The third-order valence-corrected chi connectivity index (χ3v) is 0.705. The lowest BCUT2D eigenvalue weighted by molar-refractivity contribution is 1.09. The first-order chi connectivity index (χ1) is 4.81. The van der Waals surface area contributed by atoms with Crippen LogP contribution in [-0.2, 0) is 0 Å². The number of nitrogens with zero attached hydrogens (tertiary/aromatic N) is 1. The van der Waals surface area contributed by atoms with Gasteiger partial charge in [-0.1, -0.05) is 13.8 Å². The summed E-state index contributed by atoms with van der Waals surface area (Å²) in [5.74, 6) is 0. The second-order valence-electron chi connectivity index (χ2n) is 1.56. The van der Waals surface area contributed by atoms with E-state index in [1.54, 1.807) is 13.3 Å². The number of hydrogen-bond donors (Lipinski definition) is 1. The van der Waals surface area contributed by atoms with Gasteiger partial charge in [-0.3, -0.25) is 4.99 Å². The maximum absolute atomic E-state index is 3.82. The van der Waals surface area contributed by atoms with Gasteiger partial charge in [0.05, 0.1) is 0 Å². The van der Waals surface area contributed by atoms with Crippen molar-refractivity contribution in [2.45, 2.75) is 20.8 Å². The van der Waals surface area contributed by atoms with Crippen molar-refractivity contribution < 1.29 is 0 Å². The largest absolute Gasteiger partial charge is 0.394 e. The molecule has 0 aliphatic carbocycles. The molecule has 0 bridgehead atoms. The van der Waals surface area contributed by atoms with Crippen molar-refractivity contribution in [1.29, 1.82) is 0 Å². The summed E-state index contributed by atoms with van der Waals surface area (Å²) in [6, 6.07) is 0. The minimum absolute atomic E-state index is 1.13. The van der Waals surface area contributed by atoms with Gasteiger partial charge in [0.15, 0.2) is 0 Å². The van der Waals surface area contributed by atoms with Crippen LogP contribution >= 0.6 is 0 Å². The van der Waals surface area contributed by atoms with Crippen LogP contribution in [-0.4, -0.2) is 20.3 Å². The molecule has 10 heavy (non-hydrogen) atoms. The van der Waals surface area contributed by atoms with E-state index in [1.165, 1.54) is 0 Å². The SMILES string of the molecule is CC.CN=C/C(C)=C\NC. The van der Waals surface area contributed by atoms with Crippen molar-refractivity contribution in [2.75, 3.05) is 14.1 Å². The summed E-state index contributed by atoms with van der Waals surface area (Å²) in [6.07, 6.45) is 3.70. The van der Waals surface area contributed by atoms with Crippen LogP contribution in [0.4, 0.5) is 0 Å². The first-order valence-corrected chi connectivity index (χ1v) is 3.57. The zero-order chi connectivity index (χ0) is 8.41. The Balaban J connectivity index is 0. The molecule has 0 aliphatic rings. The average Bonchev–Trinajstić information content (AvgIpc) is 1.93. The quantitative estimate of drug-likeness (QED) is 0.584. The summed E-state index contributed by atoms with van der Waals surface area (Å²) in [6.45, 7) is 5.99. The van der Waals surface area contributed by atoms with E-state index in [1.807, 2.05) is 34.0 Å². The van der Waals surface area contributed by atoms with Crippen LogP contribution in [0.5, 0.6) is 0 Å². The molecule has 0 aliphatic heterocycles. The molecular weight excluding hydrogens is 124 g/mol. The van der Waals surface area contributed by atoms with E-state index < -0.39 is 0 Å². The molecule has 0 unspecified atom stereocenters. The molecule has 0 aromatic heterocycles.